The van der Waals surface area contributed by atoms with Gasteiger partial charge in [-0.1, -0.05) is 103 Å². The van der Waals surface area contributed by atoms with Gasteiger partial charge in [-0.25, -0.2) is 4.98 Å². The molecule has 0 saturated heterocycles. The minimum absolute atomic E-state index is 0.933. The molecule has 3 heteroatoms. The van der Waals surface area contributed by atoms with Crippen LogP contribution in [0.3, 0.4) is 0 Å². The van der Waals surface area contributed by atoms with Crippen LogP contribution in [0.5, 0.6) is 0 Å². The fourth-order valence-electron chi connectivity index (χ4n) is 7.44. The predicted octanol–water partition coefficient (Wildman–Crippen LogP) is 10.9. The molecule has 0 amide bonds. The SMILES string of the molecule is c1cc2c(c(-c3nc4ccccc4s3)c1)-c1ccc3c(-n4c5ccccc5c5c6ccccc6ccc54)cccc3c1C2. The summed E-state index contributed by atoms with van der Waals surface area (Å²) < 4.78 is 3.70. The molecule has 0 N–H and O–H groups in total. The van der Waals surface area contributed by atoms with Gasteiger partial charge in [-0.2, -0.15) is 0 Å². The van der Waals surface area contributed by atoms with Crippen LogP contribution in [-0.4, -0.2) is 9.55 Å². The summed E-state index contributed by atoms with van der Waals surface area (Å²) in [6.07, 6.45) is 0.933. The zero-order valence-electron chi connectivity index (χ0n) is 23.2. The Hall–Kier alpha value is -5.25. The van der Waals surface area contributed by atoms with Gasteiger partial charge in [0, 0.05) is 21.7 Å². The van der Waals surface area contributed by atoms with E-state index in [1.807, 2.05) is 0 Å². The number of hydrogen-bond donors (Lipinski definition) is 0. The van der Waals surface area contributed by atoms with Crippen molar-refractivity contribution in [1.82, 2.24) is 9.55 Å². The van der Waals surface area contributed by atoms with Crippen LogP contribution in [0, 0.1) is 0 Å². The molecule has 200 valence electrons. The van der Waals surface area contributed by atoms with Crippen molar-refractivity contribution in [3.63, 3.8) is 0 Å². The van der Waals surface area contributed by atoms with Gasteiger partial charge in [0.2, 0.25) is 0 Å². The summed E-state index contributed by atoms with van der Waals surface area (Å²) in [6.45, 7) is 0. The summed E-state index contributed by atoms with van der Waals surface area (Å²) in [6, 6.07) is 48.8. The molecule has 7 aromatic carbocycles. The van der Waals surface area contributed by atoms with Crippen LogP contribution < -0.4 is 0 Å². The number of thiazole rings is 1. The van der Waals surface area contributed by atoms with Crippen molar-refractivity contribution < 1.29 is 0 Å². The summed E-state index contributed by atoms with van der Waals surface area (Å²) >= 11 is 1.78. The second kappa shape index (κ2) is 8.64. The lowest BCUT2D eigenvalue weighted by Gasteiger charge is -2.14. The number of nitrogens with zero attached hydrogens (tertiary/aromatic N) is 2. The maximum atomic E-state index is 5.04. The highest BCUT2D eigenvalue weighted by molar-refractivity contribution is 7.21. The second-order valence-corrected chi connectivity index (χ2v) is 12.5. The highest BCUT2D eigenvalue weighted by atomic mass is 32.1. The Morgan fingerprint density at radius 3 is 2.33 bits per heavy atom. The fraction of sp³-hybridized carbons (Fsp3) is 0.0250. The minimum atomic E-state index is 0.933. The Bertz CT molecular complexity index is 2570. The minimum Gasteiger partial charge on any atom is -0.309 e. The van der Waals surface area contributed by atoms with Gasteiger partial charge < -0.3 is 4.57 Å². The molecule has 2 aromatic heterocycles. The smallest absolute Gasteiger partial charge is 0.125 e. The number of fused-ring (bicyclic) bond motifs is 11. The van der Waals surface area contributed by atoms with Crippen molar-refractivity contribution in [2.24, 2.45) is 0 Å². The van der Waals surface area contributed by atoms with Gasteiger partial charge in [0.1, 0.15) is 5.01 Å². The first-order valence-corrected chi connectivity index (χ1v) is 15.6. The third-order valence-corrected chi connectivity index (χ3v) is 10.3. The summed E-state index contributed by atoms with van der Waals surface area (Å²) in [5, 5.41) is 8.89. The molecule has 0 unspecified atom stereocenters. The van der Waals surface area contributed by atoms with Crippen molar-refractivity contribution in [1.29, 1.82) is 0 Å². The van der Waals surface area contributed by atoms with Crippen molar-refractivity contribution in [3.8, 4) is 27.4 Å². The van der Waals surface area contributed by atoms with E-state index in [2.05, 4.69) is 138 Å². The highest BCUT2D eigenvalue weighted by Crippen LogP contribution is 2.48. The van der Waals surface area contributed by atoms with E-state index in [-0.39, 0.29) is 0 Å². The lowest BCUT2D eigenvalue weighted by atomic mass is 9.96. The van der Waals surface area contributed by atoms with Crippen molar-refractivity contribution in [2.45, 2.75) is 6.42 Å². The second-order valence-electron chi connectivity index (χ2n) is 11.5. The van der Waals surface area contributed by atoms with E-state index < -0.39 is 0 Å². The standard InChI is InChI=1S/C40H24N2S/c1-2-11-26-24(9-1)19-22-36-39(26)30-12-3-5-16-35(30)42(36)34-17-8-13-27-28(34)20-21-29-32(27)23-25-10-7-14-31(38(25)29)40-41-33-15-4-6-18-37(33)43-40/h1-22H,23H2. The van der Waals surface area contributed by atoms with Gasteiger partial charge in [0.25, 0.3) is 0 Å². The highest BCUT2D eigenvalue weighted by Gasteiger charge is 2.26. The average molecular weight is 565 g/mol. The normalized spacial score (nSPS) is 12.6. The largest absolute Gasteiger partial charge is 0.309 e. The molecular weight excluding hydrogens is 541 g/mol. The van der Waals surface area contributed by atoms with E-state index in [1.165, 1.54) is 81.6 Å². The first kappa shape index (κ1) is 23.3. The zero-order valence-corrected chi connectivity index (χ0v) is 24.0. The Kier molecular flexibility index (Phi) is 4.68. The molecule has 9 aromatic rings. The molecule has 0 bridgehead atoms. The summed E-state index contributed by atoms with van der Waals surface area (Å²) in [5.74, 6) is 0. The number of benzene rings is 7. The quantitative estimate of drug-likeness (QED) is 0.204. The molecule has 2 nitrogen and oxygen atoms in total. The van der Waals surface area contributed by atoms with Crippen LogP contribution >= 0.6 is 11.3 Å². The molecule has 0 radical (unpaired) electrons. The number of para-hydroxylation sites is 2. The maximum Gasteiger partial charge on any atom is 0.125 e. The first-order chi connectivity index (χ1) is 21.3. The molecule has 10 rings (SSSR count). The van der Waals surface area contributed by atoms with Crippen molar-refractivity contribution in [2.75, 3.05) is 0 Å². The van der Waals surface area contributed by atoms with Gasteiger partial charge in [-0.3, -0.25) is 0 Å². The van der Waals surface area contributed by atoms with Crippen LogP contribution in [0.2, 0.25) is 0 Å². The molecular formula is C40H24N2S. The lowest BCUT2D eigenvalue weighted by Crippen LogP contribution is -1.96. The van der Waals surface area contributed by atoms with Gasteiger partial charge in [0.15, 0.2) is 0 Å². The molecule has 0 aliphatic heterocycles. The van der Waals surface area contributed by atoms with E-state index in [0.717, 1.165) is 16.9 Å². The number of rotatable bonds is 2. The predicted molar refractivity (Wildman–Crippen MR) is 183 cm³/mol. The molecule has 1 aliphatic carbocycles. The molecule has 0 fully saturated rings. The fourth-order valence-corrected chi connectivity index (χ4v) is 8.44. The van der Waals surface area contributed by atoms with E-state index >= 15 is 0 Å². The zero-order chi connectivity index (χ0) is 28.1. The van der Waals surface area contributed by atoms with Crippen LogP contribution in [0.4, 0.5) is 0 Å². The summed E-state index contributed by atoms with van der Waals surface area (Å²) in [7, 11) is 0. The topological polar surface area (TPSA) is 17.8 Å². The Balaban J connectivity index is 1.23. The number of aromatic nitrogens is 2. The Morgan fingerprint density at radius 1 is 0.558 bits per heavy atom. The summed E-state index contributed by atoms with van der Waals surface area (Å²) in [5.41, 5.74) is 11.5. The summed E-state index contributed by atoms with van der Waals surface area (Å²) in [4.78, 5) is 5.04. The average Bonchev–Trinajstić information content (AvgIpc) is 3.76. The van der Waals surface area contributed by atoms with Crippen LogP contribution in [0.15, 0.2) is 133 Å². The monoisotopic (exact) mass is 564 g/mol. The van der Waals surface area contributed by atoms with Crippen LogP contribution in [0.1, 0.15) is 11.1 Å². The third-order valence-electron chi connectivity index (χ3n) is 9.26. The van der Waals surface area contributed by atoms with Crippen molar-refractivity contribution >= 4 is 64.9 Å². The molecule has 2 heterocycles. The Morgan fingerprint density at radius 2 is 1.37 bits per heavy atom. The third kappa shape index (κ3) is 3.20. The lowest BCUT2D eigenvalue weighted by molar-refractivity contribution is 1.20. The van der Waals surface area contributed by atoms with Gasteiger partial charge >= 0.3 is 0 Å². The molecule has 1 aliphatic rings. The number of hydrogen-bond acceptors (Lipinski definition) is 2. The molecule has 0 atom stereocenters. The van der Waals surface area contributed by atoms with Crippen molar-refractivity contribution in [3.05, 3.63) is 145 Å². The Labute approximate surface area is 252 Å². The van der Waals surface area contributed by atoms with Gasteiger partial charge in [0.05, 0.1) is 26.9 Å². The van der Waals surface area contributed by atoms with Crippen LogP contribution in [-0.2, 0) is 6.42 Å². The first-order valence-electron chi connectivity index (χ1n) is 14.8. The van der Waals surface area contributed by atoms with E-state index in [0.29, 0.717) is 0 Å². The van der Waals surface area contributed by atoms with E-state index in [4.69, 9.17) is 4.98 Å². The maximum absolute atomic E-state index is 5.04. The molecule has 0 spiro atoms. The van der Waals surface area contributed by atoms with E-state index in [9.17, 15) is 0 Å². The molecule has 0 saturated carbocycles. The van der Waals surface area contributed by atoms with E-state index in [1.54, 1.807) is 11.3 Å². The van der Waals surface area contributed by atoms with Gasteiger partial charge in [-0.15, -0.1) is 11.3 Å². The molecule has 43 heavy (non-hydrogen) atoms. The van der Waals surface area contributed by atoms with Crippen LogP contribution in [0.25, 0.3) is 81.0 Å². The van der Waals surface area contributed by atoms with Gasteiger partial charge in [-0.05, 0) is 75.2 Å².